The number of nitriles is 1. The van der Waals surface area contributed by atoms with Crippen molar-refractivity contribution in [3.63, 3.8) is 0 Å². The lowest BCUT2D eigenvalue weighted by Crippen LogP contribution is -2.32. The highest BCUT2D eigenvalue weighted by Crippen LogP contribution is 2.11. The first-order valence-electron chi connectivity index (χ1n) is 6.46. The lowest BCUT2D eigenvalue weighted by atomic mass is 10.1. The van der Waals surface area contributed by atoms with E-state index in [2.05, 4.69) is 5.32 Å². The highest BCUT2D eigenvalue weighted by molar-refractivity contribution is 6.01. The number of benzene rings is 1. The second-order valence-electron chi connectivity index (χ2n) is 4.57. The van der Waals surface area contributed by atoms with Gasteiger partial charge in [-0.15, -0.1) is 0 Å². The molecule has 0 spiro atoms. The van der Waals surface area contributed by atoms with Gasteiger partial charge in [-0.1, -0.05) is 12.1 Å². The van der Waals surface area contributed by atoms with Crippen LogP contribution in [-0.4, -0.2) is 25.2 Å². The zero-order valence-electron chi connectivity index (χ0n) is 10.9. The third kappa shape index (κ3) is 3.90. The van der Waals surface area contributed by atoms with Crippen LogP contribution in [0.5, 0.6) is 0 Å². The highest BCUT2D eigenvalue weighted by atomic mass is 19.1. The molecule has 1 aliphatic rings. The summed E-state index contributed by atoms with van der Waals surface area (Å²) in [5.74, 6) is -0.796. The van der Waals surface area contributed by atoms with Gasteiger partial charge in [0.1, 0.15) is 17.5 Å². The van der Waals surface area contributed by atoms with Crippen LogP contribution in [-0.2, 0) is 9.53 Å². The Morgan fingerprint density at radius 2 is 2.25 bits per heavy atom. The molecule has 0 bridgehead atoms. The molecular weight excluding hydrogens is 259 g/mol. The number of hydrogen-bond acceptors (Lipinski definition) is 3. The number of carbonyl (C=O) groups excluding carboxylic acids is 1. The Morgan fingerprint density at radius 3 is 2.85 bits per heavy atom. The summed E-state index contributed by atoms with van der Waals surface area (Å²) in [5, 5.41) is 11.7. The van der Waals surface area contributed by atoms with Crippen molar-refractivity contribution in [1.82, 2.24) is 5.32 Å². The number of rotatable bonds is 4. The SMILES string of the molecule is N#C/C(=C\c1ccc(F)cc1)C(=O)NCC1CCCO1. The van der Waals surface area contributed by atoms with Gasteiger partial charge in [0.25, 0.3) is 5.91 Å². The van der Waals surface area contributed by atoms with Crippen LogP contribution >= 0.6 is 0 Å². The molecule has 1 fully saturated rings. The summed E-state index contributed by atoms with van der Waals surface area (Å²) in [5.41, 5.74) is 0.602. The molecule has 0 aliphatic carbocycles. The van der Waals surface area contributed by atoms with Gasteiger partial charge in [0.2, 0.25) is 0 Å². The molecule has 1 aromatic carbocycles. The van der Waals surface area contributed by atoms with Crippen molar-refractivity contribution < 1.29 is 13.9 Å². The van der Waals surface area contributed by atoms with Gasteiger partial charge in [-0.25, -0.2) is 4.39 Å². The van der Waals surface area contributed by atoms with Crippen LogP contribution in [0.1, 0.15) is 18.4 Å². The number of carbonyl (C=O) groups is 1. The summed E-state index contributed by atoms with van der Waals surface area (Å²) in [6.45, 7) is 1.12. The Labute approximate surface area is 116 Å². The zero-order chi connectivity index (χ0) is 14.4. The summed E-state index contributed by atoms with van der Waals surface area (Å²) in [6.07, 6.45) is 3.38. The van der Waals surface area contributed by atoms with E-state index in [0.29, 0.717) is 12.1 Å². The van der Waals surface area contributed by atoms with Crippen molar-refractivity contribution in [3.8, 4) is 6.07 Å². The second kappa shape index (κ2) is 6.83. The van der Waals surface area contributed by atoms with E-state index in [9.17, 15) is 9.18 Å². The molecule has 4 nitrogen and oxygen atoms in total. The van der Waals surface area contributed by atoms with Gasteiger partial charge >= 0.3 is 0 Å². The lowest BCUT2D eigenvalue weighted by molar-refractivity contribution is -0.117. The Kier molecular flexibility index (Phi) is 4.85. The number of ether oxygens (including phenoxy) is 1. The van der Waals surface area contributed by atoms with E-state index in [1.807, 2.05) is 6.07 Å². The minimum atomic E-state index is -0.438. The molecule has 1 unspecified atom stereocenters. The lowest BCUT2D eigenvalue weighted by Gasteiger charge is -2.10. The molecule has 1 aliphatic heterocycles. The first-order valence-corrected chi connectivity index (χ1v) is 6.46. The number of halogens is 1. The summed E-state index contributed by atoms with van der Waals surface area (Å²) in [7, 11) is 0. The van der Waals surface area contributed by atoms with Crippen LogP contribution in [0.25, 0.3) is 6.08 Å². The minimum Gasteiger partial charge on any atom is -0.376 e. The molecule has 1 heterocycles. The van der Waals surface area contributed by atoms with Gasteiger partial charge in [-0.2, -0.15) is 5.26 Å². The fourth-order valence-electron chi connectivity index (χ4n) is 1.98. The van der Waals surface area contributed by atoms with Gasteiger partial charge in [0.15, 0.2) is 0 Å². The molecule has 1 amide bonds. The van der Waals surface area contributed by atoms with Crippen molar-refractivity contribution in [2.45, 2.75) is 18.9 Å². The van der Waals surface area contributed by atoms with Gasteiger partial charge in [0.05, 0.1) is 6.10 Å². The quantitative estimate of drug-likeness (QED) is 0.675. The largest absolute Gasteiger partial charge is 0.376 e. The molecule has 0 saturated carbocycles. The third-order valence-electron chi connectivity index (χ3n) is 3.06. The number of hydrogen-bond donors (Lipinski definition) is 1. The van der Waals surface area contributed by atoms with Crippen molar-refractivity contribution in [1.29, 1.82) is 5.26 Å². The average molecular weight is 274 g/mol. The standard InChI is InChI=1S/C15H15FN2O2/c16-13-5-3-11(4-6-13)8-12(9-17)15(19)18-10-14-2-1-7-20-14/h3-6,8,14H,1-2,7,10H2,(H,18,19)/b12-8+. The molecule has 2 rings (SSSR count). The molecule has 5 heteroatoms. The first-order chi connectivity index (χ1) is 9.69. The van der Waals surface area contributed by atoms with Gasteiger partial charge in [-0.05, 0) is 36.6 Å². The van der Waals surface area contributed by atoms with Crippen LogP contribution in [0.4, 0.5) is 4.39 Å². The monoisotopic (exact) mass is 274 g/mol. The summed E-state index contributed by atoms with van der Waals surface area (Å²) in [4.78, 5) is 11.9. The van der Waals surface area contributed by atoms with Crippen molar-refractivity contribution >= 4 is 12.0 Å². The number of amides is 1. The predicted molar refractivity (Wildman–Crippen MR) is 72.0 cm³/mol. The van der Waals surface area contributed by atoms with Gasteiger partial charge < -0.3 is 10.1 Å². The van der Waals surface area contributed by atoms with Gasteiger partial charge in [-0.3, -0.25) is 4.79 Å². The maximum atomic E-state index is 12.8. The van der Waals surface area contributed by atoms with E-state index in [1.165, 1.54) is 30.3 Å². The average Bonchev–Trinajstić information content (AvgIpc) is 2.97. The number of nitrogens with one attached hydrogen (secondary N) is 1. The second-order valence-corrected chi connectivity index (χ2v) is 4.57. The van der Waals surface area contributed by atoms with E-state index >= 15 is 0 Å². The molecule has 1 atom stereocenters. The highest BCUT2D eigenvalue weighted by Gasteiger charge is 2.17. The predicted octanol–water partition coefficient (Wildman–Crippen LogP) is 2.03. The van der Waals surface area contributed by atoms with Gasteiger partial charge in [0, 0.05) is 13.2 Å². The topological polar surface area (TPSA) is 62.1 Å². The molecule has 1 saturated heterocycles. The first kappa shape index (κ1) is 14.2. The van der Waals surface area contributed by atoms with Crippen LogP contribution in [0.15, 0.2) is 29.8 Å². The Morgan fingerprint density at radius 1 is 1.50 bits per heavy atom. The summed E-state index contributed by atoms with van der Waals surface area (Å²) in [6, 6.07) is 7.45. The molecule has 20 heavy (non-hydrogen) atoms. The molecule has 0 aromatic heterocycles. The Bertz CT molecular complexity index is 540. The van der Waals surface area contributed by atoms with E-state index in [4.69, 9.17) is 10.00 Å². The zero-order valence-corrected chi connectivity index (χ0v) is 10.9. The van der Waals surface area contributed by atoms with Crippen LogP contribution in [0, 0.1) is 17.1 Å². The molecule has 0 radical (unpaired) electrons. The molecule has 1 aromatic rings. The fraction of sp³-hybridized carbons (Fsp3) is 0.333. The van der Waals surface area contributed by atoms with Crippen LogP contribution in [0.2, 0.25) is 0 Å². The third-order valence-corrected chi connectivity index (χ3v) is 3.06. The smallest absolute Gasteiger partial charge is 0.262 e. The van der Waals surface area contributed by atoms with E-state index in [-0.39, 0.29) is 17.5 Å². The molecule has 1 N–H and O–H groups in total. The maximum Gasteiger partial charge on any atom is 0.262 e. The van der Waals surface area contributed by atoms with Crippen LogP contribution in [0.3, 0.4) is 0 Å². The van der Waals surface area contributed by atoms with Crippen LogP contribution < -0.4 is 5.32 Å². The van der Waals surface area contributed by atoms with E-state index in [0.717, 1.165) is 19.4 Å². The van der Waals surface area contributed by atoms with Crippen molar-refractivity contribution in [3.05, 3.63) is 41.2 Å². The molecule has 104 valence electrons. The van der Waals surface area contributed by atoms with Crippen molar-refractivity contribution in [2.24, 2.45) is 0 Å². The Balaban J connectivity index is 1.97. The minimum absolute atomic E-state index is 0.00500. The van der Waals surface area contributed by atoms with E-state index in [1.54, 1.807) is 0 Å². The fourth-order valence-corrected chi connectivity index (χ4v) is 1.98. The molecular formula is C15H15FN2O2. The van der Waals surface area contributed by atoms with E-state index < -0.39 is 5.91 Å². The van der Waals surface area contributed by atoms with Crippen molar-refractivity contribution in [2.75, 3.05) is 13.2 Å². The maximum absolute atomic E-state index is 12.8. The Hall–Kier alpha value is -2.19. The summed E-state index contributed by atoms with van der Waals surface area (Å²) < 4.78 is 18.2. The normalized spacial score (nSPS) is 18.6. The number of nitrogens with zero attached hydrogens (tertiary/aromatic N) is 1. The summed E-state index contributed by atoms with van der Waals surface area (Å²) >= 11 is 0.